The number of hydrogen-bond acceptors (Lipinski definition) is 3. The van der Waals surface area contributed by atoms with Crippen molar-refractivity contribution in [2.45, 2.75) is 51.9 Å². The fourth-order valence-electron chi connectivity index (χ4n) is 3.02. The first-order valence-electron chi connectivity index (χ1n) is 7.73. The average Bonchev–Trinajstić information content (AvgIpc) is 2.89. The molecule has 1 N–H and O–H groups in total. The number of nitrogens with zero attached hydrogens (tertiary/aromatic N) is 1. The summed E-state index contributed by atoms with van der Waals surface area (Å²) in [6, 6.07) is 9.84. The Balaban J connectivity index is 1.97. The Labute approximate surface area is 126 Å². The number of aliphatic hydroxyl groups excluding tert-OH is 1. The molecule has 1 aromatic rings. The molecule has 2 rings (SSSR count). The Hall–Kier alpha value is -1.55. The van der Waals surface area contributed by atoms with Crippen molar-refractivity contribution in [2.75, 3.05) is 6.54 Å². The standard InChI is InChI=1S/C17H25NO3/c1-13-7-6-10-16(13)18(11-14(2)19)17(20)21-12-15-8-4-3-5-9-15/h3-5,8-9,13-14,16,19H,6-7,10-12H2,1-2H3. The Morgan fingerprint density at radius 2 is 2.10 bits per heavy atom. The lowest BCUT2D eigenvalue weighted by atomic mass is 10.0. The molecular weight excluding hydrogens is 266 g/mol. The zero-order valence-corrected chi connectivity index (χ0v) is 12.9. The molecule has 1 saturated carbocycles. The summed E-state index contributed by atoms with van der Waals surface area (Å²) in [6.45, 7) is 4.48. The second kappa shape index (κ2) is 7.46. The van der Waals surface area contributed by atoms with E-state index in [1.165, 1.54) is 0 Å². The number of carbonyl (C=O) groups is 1. The third-order valence-electron chi connectivity index (χ3n) is 4.12. The van der Waals surface area contributed by atoms with Gasteiger partial charge in [-0.1, -0.05) is 43.7 Å². The molecule has 21 heavy (non-hydrogen) atoms. The minimum Gasteiger partial charge on any atom is -0.445 e. The predicted molar refractivity (Wildman–Crippen MR) is 81.8 cm³/mol. The monoisotopic (exact) mass is 291 g/mol. The molecule has 1 aliphatic rings. The highest BCUT2D eigenvalue weighted by Gasteiger charge is 2.33. The SMILES string of the molecule is CC(O)CN(C(=O)OCc1ccccc1)C1CCCC1C. The lowest BCUT2D eigenvalue weighted by Gasteiger charge is -2.32. The number of hydrogen-bond donors (Lipinski definition) is 1. The summed E-state index contributed by atoms with van der Waals surface area (Å²) in [5.41, 5.74) is 0.974. The molecule has 0 saturated heterocycles. The summed E-state index contributed by atoms with van der Waals surface area (Å²) in [7, 11) is 0. The molecule has 0 spiro atoms. The average molecular weight is 291 g/mol. The van der Waals surface area contributed by atoms with Gasteiger partial charge in [0.25, 0.3) is 0 Å². The van der Waals surface area contributed by atoms with Crippen LogP contribution in [-0.2, 0) is 11.3 Å². The largest absolute Gasteiger partial charge is 0.445 e. The van der Waals surface area contributed by atoms with Crippen molar-refractivity contribution < 1.29 is 14.6 Å². The van der Waals surface area contributed by atoms with Crippen molar-refractivity contribution >= 4 is 6.09 Å². The van der Waals surface area contributed by atoms with Crippen LogP contribution in [0.5, 0.6) is 0 Å². The van der Waals surface area contributed by atoms with Crippen LogP contribution in [0.25, 0.3) is 0 Å². The summed E-state index contributed by atoms with van der Waals surface area (Å²) < 4.78 is 5.43. The maximum atomic E-state index is 12.4. The zero-order valence-electron chi connectivity index (χ0n) is 12.9. The van der Waals surface area contributed by atoms with Gasteiger partial charge in [-0.25, -0.2) is 4.79 Å². The van der Waals surface area contributed by atoms with Crippen molar-refractivity contribution in [1.82, 2.24) is 4.90 Å². The number of amides is 1. The normalized spacial score (nSPS) is 22.8. The Morgan fingerprint density at radius 1 is 1.38 bits per heavy atom. The van der Waals surface area contributed by atoms with E-state index in [4.69, 9.17) is 4.74 Å². The van der Waals surface area contributed by atoms with E-state index in [0.29, 0.717) is 12.5 Å². The summed E-state index contributed by atoms with van der Waals surface area (Å²) in [5, 5.41) is 9.65. The van der Waals surface area contributed by atoms with Crippen LogP contribution in [0.3, 0.4) is 0 Å². The van der Waals surface area contributed by atoms with E-state index in [0.717, 1.165) is 24.8 Å². The van der Waals surface area contributed by atoms with Gasteiger partial charge in [0.1, 0.15) is 6.61 Å². The van der Waals surface area contributed by atoms with Crippen LogP contribution >= 0.6 is 0 Å². The quantitative estimate of drug-likeness (QED) is 0.906. The van der Waals surface area contributed by atoms with Gasteiger partial charge >= 0.3 is 6.09 Å². The molecular formula is C17H25NO3. The van der Waals surface area contributed by atoms with Gasteiger partial charge in [0, 0.05) is 12.6 Å². The molecule has 1 aromatic carbocycles. The van der Waals surface area contributed by atoms with Gasteiger partial charge in [-0.05, 0) is 31.2 Å². The molecule has 4 nitrogen and oxygen atoms in total. The number of ether oxygens (including phenoxy) is 1. The molecule has 0 radical (unpaired) electrons. The van der Waals surface area contributed by atoms with Gasteiger partial charge in [-0.2, -0.15) is 0 Å². The van der Waals surface area contributed by atoms with Crippen LogP contribution in [0.2, 0.25) is 0 Å². The van der Waals surface area contributed by atoms with E-state index in [9.17, 15) is 9.90 Å². The van der Waals surface area contributed by atoms with E-state index >= 15 is 0 Å². The zero-order chi connectivity index (χ0) is 15.2. The van der Waals surface area contributed by atoms with Crippen LogP contribution in [0.1, 0.15) is 38.7 Å². The van der Waals surface area contributed by atoms with Crippen LogP contribution < -0.4 is 0 Å². The minimum atomic E-state index is -0.540. The summed E-state index contributed by atoms with van der Waals surface area (Å²) in [5.74, 6) is 0.466. The van der Waals surface area contributed by atoms with E-state index in [1.807, 2.05) is 30.3 Å². The van der Waals surface area contributed by atoms with Crippen LogP contribution in [-0.4, -0.2) is 34.8 Å². The topological polar surface area (TPSA) is 49.8 Å². The molecule has 1 amide bonds. The van der Waals surface area contributed by atoms with Crippen LogP contribution in [0.15, 0.2) is 30.3 Å². The molecule has 0 aromatic heterocycles. The van der Waals surface area contributed by atoms with Gasteiger partial charge in [0.05, 0.1) is 6.10 Å². The maximum absolute atomic E-state index is 12.4. The first-order chi connectivity index (χ1) is 10.1. The van der Waals surface area contributed by atoms with Gasteiger partial charge in [0.2, 0.25) is 0 Å². The Bertz CT molecular complexity index is 447. The van der Waals surface area contributed by atoms with Gasteiger partial charge in [0.15, 0.2) is 0 Å². The number of aliphatic hydroxyl groups is 1. The molecule has 4 heteroatoms. The molecule has 3 unspecified atom stereocenters. The maximum Gasteiger partial charge on any atom is 0.410 e. The second-order valence-electron chi connectivity index (χ2n) is 6.02. The van der Waals surface area contributed by atoms with Gasteiger partial charge < -0.3 is 14.7 Å². The molecule has 1 fully saturated rings. The second-order valence-corrected chi connectivity index (χ2v) is 6.02. The molecule has 0 bridgehead atoms. The van der Waals surface area contributed by atoms with E-state index in [2.05, 4.69) is 6.92 Å². The lowest BCUT2D eigenvalue weighted by Crippen LogP contribution is -2.45. The smallest absolute Gasteiger partial charge is 0.410 e. The number of benzene rings is 1. The van der Waals surface area contributed by atoms with Crippen molar-refractivity contribution in [3.63, 3.8) is 0 Å². The highest BCUT2D eigenvalue weighted by molar-refractivity contribution is 5.68. The summed E-state index contributed by atoms with van der Waals surface area (Å²) >= 11 is 0. The Morgan fingerprint density at radius 3 is 2.67 bits per heavy atom. The highest BCUT2D eigenvalue weighted by atomic mass is 16.6. The van der Waals surface area contributed by atoms with Crippen molar-refractivity contribution in [3.8, 4) is 0 Å². The third kappa shape index (κ3) is 4.46. The molecule has 116 valence electrons. The third-order valence-corrected chi connectivity index (χ3v) is 4.12. The summed E-state index contributed by atoms with van der Waals surface area (Å²) in [4.78, 5) is 14.1. The highest BCUT2D eigenvalue weighted by Crippen LogP contribution is 2.30. The van der Waals surface area contributed by atoms with Crippen LogP contribution in [0, 0.1) is 5.92 Å². The molecule has 1 aliphatic carbocycles. The van der Waals surface area contributed by atoms with Gasteiger partial charge in [-0.15, -0.1) is 0 Å². The number of carbonyl (C=O) groups excluding carboxylic acids is 1. The van der Waals surface area contributed by atoms with E-state index < -0.39 is 6.10 Å². The first-order valence-corrected chi connectivity index (χ1v) is 7.73. The van der Waals surface area contributed by atoms with E-state index in [-0.39, 0.29) is 18.7 Å². The number of rotatable bonds is 5. The van der Waals surface area contributed by atoms with Crippen LogP contribution in [0.4, 0.5) is 4.79 Å². The first kappa shape index (κ1) is 15.8. The van der Waals surface area contributed by atoms with Crippen molar-refractivity contribution in [2.24, 2.45) is 5.92 Å². The van der Waals surface area contributed by atoms with Crippen molar-refractivity contribution in [3.05, 3.63) is 35.9 Å². The van der Waals surface area contributed by atoms with Gasteiger partial charge in [-0.3, -0.25) is 0 Å². The predicted octanol–water partition coefficient (Wildman–Crippen LogP) is 3.19. The molecule has 3 atom stereocenters. The lowest BCUT2D eigenvalue weighted by molar-refractivity contribution is 0.0491. The van der Waals surface area contributed by atoms with E-state index in [1.54, 1.807) is 11.8 Å². The minimum absolute atomic E-state index is 0.183. The van der Waals surface area contributed by atoms with Crippen molar-refractivity contribution in [1.29, 1.82) is 0 Å². The fourth-order valence-corrected chi connectivity index (χ4v) is 3.02. The Kier molecular flexibility index (Phi) is 5.62. The summed E-state index contributed by atoms with van der Waals surface area (Å²) in [6.07, 6.45) is 2.40. The molecule has 0 aliphatic heterocycles. The fraction of sp³-hybridized carbons (Fsp3) is 0.588. The molecule has 0 heterocycles.